The molecular weight excluding hydrogens is 518 g/mol. The molecule has 5 rings (SSSR count). The van der Waals surface area contributed by atoms with Crippen molar-refractivity contribution < 1.29 is 13.9 Å². The highest BCUT2D eigenvalue weighted by atomic mass is 35.5. The van der Waals surface area contributed by atoms with Crippen LogP contribution in [0.25, 0.3) is 0 Å². The van der Waals surface area contributed by atoms with E-state index in [1.165, 1.54) is 11.6 Å². The predicted molar refractivity (Wildman–Crippen MR) is 145 cm³/mol. The fourth-order valence-corrected chi connectivity index (χ4v) is 5.40. The summed E-state index contributed by atoms with van der Waals surface area (Å²) in [5, 5.41) is 1.08. The number of hydrogen-bond donors (Lipinski definition) is 1. The van der Waals surface area contributed by atoms with E-state index < -0.39 is 11.7 Å². The van der Waals surface area contributed by atoms with E-state index in [0.29, 0.717) is 34.2 Å². The number of carbonyl (C=O) groups excluding carboxylic acids is 1. The van der Waals surface area contributed by atoms with Crippen LogP contribution in [0.3, 0.4) is 0 Å². The highest BCUT2D eigenvalue weighted by Crippen LogP contribution is 2.45. The van der Waals surface area contributed by atoms with E-state index in [1.807, 2.05) is 36.4 Å². The van der Waals surface area contributed by atoms with E-state index in [0.717, 1.165) is 49.0 Å². The number of carbonyl (C=O) groups is 1. The van der Waals surface area contributed by atoms with E-state index in [2.05, 4.69) is 21.8 Å². The maximum absolute atomic E-state index is 14.7. The monoisotopic (exact) mass is 544 g/mol. The summed E-state index contributed by atoms with van der Waals surface area (Å²) in [7, 11) is 0. The molecule has 188 valence electrons. The van der Waals surface area contributed by atoms with E-state index in [4.69, 9.17) is 27.9 Å². The molecule has 3 aromatic carbocycles. The molecule has 0 radical (unpaired) electrons. The van der Waals surface area contributed by atoms with Gasteiger partial charge in [-0.1, -0.05) is 71.5 Å². The van der Waals surface area contributed by atoms with Crippen molar-refractivity contribution in [3.63, 3.8) is 0 Å². The summed E-state index contributed by atoms with van der Waals surface area (Å²) in [6, 6.07) is 19.2. The van der Waals surface area contributed by atoms with Gasteiger partial charge in [0.1, 0.15) is 11.6 Å². The lowest BCUT2D eigenvalue weighted by atomic mass is 9.90. The number of ether oxygens (including phenoxy) is 1. The lowest BCUT2D eigenvalue weighted by Crippen LogP contribution is -2.51. The zero-order valence-corrected chi connectivity index (χ0v) is 22.2. The summed E-state index contributed by atoms with van der Waals surface area (Å²) in [5.74, 6) is 0.223. The molecule has 36 heavy (non-hydrogen) atoms. The van der Waals surface area contributed by atoms with Gasteiger partial charge in [-0.3, -0.25) is 14.4 Å². The SMILES string of the molecule is CSNC(=O)c1cc(C2CC2)c(OCC2CN(C(c3ccccc3)c3ccc(Cl)c(Cl)c3)C2)cc1F. The molecule has 8 heteroatoms. The average Bonchev–Trinajstić information content (AvgIpc) is 3.68. The van der Waals surface area contributed by atoms with Crippen molar-refractivity contribution in [2.75, 3.05) is 26.0 Å². The largest absolute Gasteiger partial charge is 0.493 e. The standard InChI is InChI=1S/C28H27Cl2FN2O2S/c1-36-32-28(34)22-12-21(18-7-8-18)26(13-25(22)31)35-16-17-14-33(15-17)27(19-5-3-2-4-6-19)20-9-10-23(29)24(30)11-20/h2-6,9-13,17-18,27H,7-8,14-16H2,1H3,(H,32,34). The minimum Gasteiger partial charge on any atom is -0.493 e. The van der Waals surface area contributed by atoms with E-state index in [1.54, 1.807) is 12.3 Å². The summed E-state index contributed by atoms with van der Waals surface area (Å²) in [5.41, 5.74) is 3.28. The van der Waals surface area contributed by atoms with Gasteiger partial charge in [-0.15, -0.1) is 0 Å². The lowest BCUT2D eigenvalue weighted by molar-refractivity contribution is 0.0375. The van der Waals surface area contributed by atoms with Gasteiger partial charge >= 0.3 is 0 Å². The zero-order chi connectivity index (χ0) is 25.2. The second kappa shape index (κ2) is 11.0. The highest BCUT2D eigenvalue weighted by Gasteiger charge is 2.35. The van der Waals surface area contributed by atoms with Crippen LogP contribution in [-0.4, -0.2) is 36.8 Å². The second-order valence-corrected chi connectivity index (χ2v) is 10.8. The van der Waals surface area contributed by atoms with Gasteiger partial charge in [-0.2, -0.15) is 0 Å². The summed E-state index contributed by atoms with van der Waals surface area (Å²) in [6.07, 6.45) is 3.80. The van der Waals surface area contributed by atoms with Crippen LogP contribution >= 0.6 is 35.1 Å². The Bertz CT molecular complexity index is 1250. The minimum atomic E-state index is -0.556. The Morgan fingerprint density at radius 2 is 1.83 bits per heavy atom. The van der Waals surface area contributed by atoms with Gasteiger partial charge in [0.05, 0.1) is 28.3 Å². The van der Waals surface area contributed by atoms with Gasteiger partial charge in [-0.05, 0) is 53.6 Å². The van der Waals surface area contributed by atoms with E-state index in [9.17, 15) is 9.18 Å². The first kappa shape index (κ1) is 25.4. The Labute approximate surface area is 225 Å². The molecule has 1 unspecified atom stereocenters. The van der Waals surface area contributed by atoms with Crippen molar-refractivity contribution in [1.82, 2.24) is 9.62 Å². The van der Waals surface area contributed by atoms with Crippen LogP contribution in [0.4, 0.5) is 4.39 Å². The number of nitrogens with zero attached hydrogens (tertiary/aromatic N) is 1. The predicted octanol–water partition coefficient (Wildman–Crippen LogP) is 7.12. The third-order valence-corrected chi connectivity index (χ3v) is 7.88. The number of benzene rings is 3. The number of rotatable bonds is 9. The van der Waals surface area contributed by atoms with E-state index in [-0.39, 0.29) is 11.6 Å². The molecule has 0 bridgehead atoms. The molecule has 1 aliphatic carbocycles. The molecule has 1 atom stereocenters. The highest BCUT2D eigenvalue weighted by molar-refractivity contribution is 7.97. The third-order valence-electron chi connectivity index (χ3n) is 6.76. The van der Waals surface area contributed by atoms with Crippen LogP contribution in [0, 0.1) is 11.7 Å². The Balaban J connectivity index is 1.28. The summed E-state index contributed by atoms with van der Waals surface area (Å²) in [4.78, 5) is 14.6. The molecule has 0 spiro atoms. The van der Waals surface area contributed by atoms with Gasteiger partial charge in [0.25, 0.3) is 5.91 Å². The smallest absolute Gasteiger partial charge is 0.264 e. The molecule has 1 heterocycles. The van der Waals surface area contributed by atoms with Gasteiger partial charge in [-0.25, -0.2) is 4.39 Å². The molecule has 1 amide bonds. The molecular formula is C28H27Cl2FN2O2S. The number of nitrogens with one attached hydrogen (secondary N) is 1. The Morgan fingerprint density at radius 3 is 2.50 bits per heavy atom. The minimum absolute atomic E-state index is 0.0610. The number of likely N-dealkylation sites (tertiary alicyclic amines) is 1. The molecule has 4 nitrogen and oxygen atoms in total. The third kappa shape index (κ3) is 5.52. The average molecular weight is 546 g/mol. The summed E-state index contributed by atoms with van der Waals surface area (Å²) < 4.78 is 23.5. The number of halogens is 3. The first-order valence-electron chi connectivity index (χ1n) is 12.0. The Hall–Kier alpha value is -2.25. The lowest BCUT2D eigenvalue weighted by Gasteiger charge is -2.44. The van der Waals surface area contributed by atoms with Crippen molar-refractivity contribution >= 4 is 41.1 Å². The van der Waals surface area contributed by atoms with Crippen molar-refractivity contribution in [1.29, 1.82) is 0 Å². The van der Waals surface area contributed by atoms with Crippen LogP contribution in [0.1, 0.15) is 51.8 Å². The molecule has 2 aliphatic rings. The van der Waals surface area contributed by atoms with Gasteiger partial charge in [0.2, 0.25) is 0 Å². The second-order valence-electron chi connectivity index (χ2n) is 9.40. The van der Waals surface area contributed by atoms with Gasteiger partial charge < -0.3 is 4.74 Å². The van der Waals surface area contributed by atoms with Crippen LogP contribution in [0.15, 0.2) is 60.7 Å². The van der Waals surface area contributed by atoms with Crippen LogP contribution < -0.4 is 9.46 Å². The fourth-order valence-electron chi connectivity index (χ4n) is 4.80. The van der Waals surface area contributed by atoms with Crippen LogP contribution in [0.2, 0.25) is 10.0 Å². The van der Waals surface area contributed by atoms with E-state index >= 15 is 0 Å². The first-order chi connectivity index (χ1) is 17.4. The van der Waals surface area contributed by atoms with Gasteiger partial charge in [0.15, 0.2) is 0 Å². The van der Waals surface area contributed by atoms with Gasteiger partial charge in [0, 0.05) is 31.3 Å². The van der Waals surface area contributed by atoms with Crippen molar-refractivity contribution in [2.24, 2.45) is 5.92 Å². The normalized spacial score (nSPS) is 16.9. The first-order valence-corrected chi connectivity index (χ1v) is 14.0. The topological polar surface area (TPSA) is 41.6 Å². The summed E-state index contributed by atoms with van der Waals surface area (Å²) in [6.45, 7) is 2.18. The fraction of sp³-hybridized carbons (Fsp3) is 0.321. The zero-order valence-electron chi connectivity index (χ0n) is 19.8. The number of hydrogen-bond acceptors (Lipinski definition) is 4. The molecule has 1 N–H and O–H groups in total. The number of amides is 1. The van der Waals surface area contributed by atoms with Crippen LogP contribution in [-0.2, 0) is 0 Å². The van der Waals surface area contributed by atoms with Crippen molar-refractivity contribution in [2.45, 2.75) is 24.8 Å². The maximum Gasteiger partial charge on any atom is 0.264 e. The maximum atomic E-state index is 14.7. The summed E-state index contributed by atoms with van der Waals surface area (Å²) >= 11 is 13.7. The Kier molecular flexibility index (Phi) is 7.77. The van der Waals surface area contributed by atoms with Crippen molar-refractivity contribution in [3.8, 4) is 5.75 Å². The van der Waals surface area contributed by atoms with Crippen LogP contribution in [0.5, 0.6) is 5.75 Å². The molecule has 0 aromatic heterocycles. The molecule has 1 saturated heterocycles. The molecule has 1 aliphatic heterocycles. The Morgan fingerprint density at radius 1 is 1.08 bits per heavy atom. The molecule has 2 fully saturated rings. The van der Waals surface area contributed by atoms with Crippen molar-refractivity contribution in [3.05, 3.63) is 98.8 Å². The quantitative estimate of drug-likeness (QED) is 0.291. The molecule has 1 saturated carbocycles. The molecule has 3 aromatic rings.